The molecule has 0 heterocycles. The second-order valence-corrected chi connectivity index (χ2v) is 10.1. The first-order valence-electron chi connectivity index (χ1n) is 12.0. The topological polar surface area (TPSA) is 49.4 Å². The molecule has 0 radical (unpaired) electrons. The summed E-state index contributed by atoms with van der Waals surface area (Å²) >= 11 is 8.10. The van der Waals surface area contributed by atoms with Gasteiger partial charge in [0.1, 0.15) is 6.04 Å². The number of thioether (sulfide) groups is 1. The van der Waals surface area contributed by atoms with Crippen molar-refractivity contribution >= 4 is 35.2 Å². The van der Waals surface area contributed by atoms with Crippen LogP contribution in [0.3, 0.4) is 0 Å². The molecule has 0 saturated carbocycles. The predicted molar refractivity (Wildman–Crippen MR) is 146 cm³/mol. The van der Waals surface area contributed by atoms with Crippen LogP contribution in [-0.2, 0) is 22.6 Å². The zero-order chi connectivity index (χ0) is 25.0. The third-order valence-corrected chi connectivity index (χ3v) is 7.11. The summed E-state index contributed by atoms with van der Waals surface area (Å²) in [5, 5.41) is 3.59. The SMILES string of the molecule is CCCNC(=O)[C@H](Cc1ccccc1)N(Cc1ccccc1Cl)C(=O)CCSc1ccc(C)cc1. The molecule has 6 heteroatoms. The number of benzene rings is 3. The quantitative estimate of drug-likeness (QED) is 0.292. The minimum atomic E-state index is -0.628. The largest absolute Gasteiger partial charge is 0.354 e. The molecule has 3 aromatic carbocycles. The van der Waals surface area contributed by atoms with Crippen LogP contribution < -0.4 is 5.32 Å². The highest BCUT2D eigenvalue weighted by Crippen LogP contribution is 2.23. The van der Waals surface area contributed by atoms with Gasteiger partial charge >= 0.3 is 0 Å². The van der Waals surface area contributed by atoms with Gasteiger partial charge in [0, 0.05) is 41.6 Å². The van der Waals surface area contributed by atoms with Gasteiger partial charge in [-0.3, -0.25) is 9.59 Å². The number of aryl methyl sites for hydroxylation is 1. The lowest BCUT2D eigenvalue weighted by molar-refractivity contribution is -0.141. The van der Waals surface area contributed by atoms with Gasteiger partial charge in [-0.15, -0.1) is 11.8 Å². The monoisotopic (exact) mass is 508 g/mol. The molecule has 0 aliphatic rings. The summed E-state index contributed by atoms with van der Waals surface area (Å²) < 4.78 is 0. The summed E-state index contributed by atoms with van der Waals surface area (Å²) in [6.07, 6.45) is 1.60. The molecule has 0 aliphatic heterocycles. The number of amides is 2. The van der Waals surface area contributed by atoms with Crippen molar-refractivity contribution in [1.29, 1.82) is 0 Å². The van der Waals surface area contributed by atoms with Crippen LogP contribution in [0.25, 0.3) is 0 Å². The van der Waals surface area contributed by atoms with E-state index in [-0.39, 0.29) is 18.4 Å². The van der Waals surface area contributed by atoms with Gasteiger partial charge in [-0.05, 0) is 42.7 Å². The van der Waals surface area contributed by atoms with Gasteiger partial charge in [0.15, 0.2) is 0 Å². The Morgan fingerprint density at radius 1 is 0.971 bits per heavy atom. The molecule has 0 aromatic heterocycles. The van der Waals surface area contributed by atoms with E-state index in [0.29, 0.717) is 30.2 Å². The second kappa shape index (κ2) is 14.0. The summed E-state index contributed by atoms with van der Waals surface area (Å²) in [4.78, 5) is 29.7. The summed E-state index contributed by atoms with van der Waals surface area (Å²) in [5.74, 6) is 0.439. The first kappa shape index (κ1) is 26.8. The second-order valence-electron chi connectivity index (χ2n) is 8.52. The lowest BCUT2D eigenvalue weighted by Gasteiger charge is -2.32. The van der Waals surface area contributed by atoms with E-state index in [2.05, 4.69) is 36.5 Å². The average Bonchev–Trinajstić information content (AvgIpc) is 2.87. The lowest BCUT2D eigenvalue weighted by atomic mass is 10.0. The molecule has 0 bridgehead atoms. The van der Waals surface area contributed by atoms with Crippen molar-refractivity contribution in [3.8, 4) is 0 Å². The number of carbonyl (C=O) groups excluding carboxylic acids is 2. The molecule has 1 atom stereocenters. The normalized spacial score (nSPS) is 11.6. The number of halogens is 1. The van der Waals surface area contributed by atoms with Crippen molar-refractivity contribution in [1.82, 2.24) is 10.2 Å². The van der Waals surface area contributed by atoms with E-state index in [1.165, 1.54) is 5.56 Å². The third-order valence-electron chi connectivity index (χ3n) is 5.72. The van der Waals surface area contributed by atoms with Gasteiger partial charge in [-0.1, -0.05) is 84.8 Å². The Bertz CT molecular complexity index is 1090. The predicted octanol–water partition coefficient (Wildman–Crippen LogP) is 6.30. The number of nitrogens with one attached hydrogen (secondary N) is 1. The van der Waals surface area contributed by atoms with Crippen molar-refractivity contribution in [2.75, 3.05) is 12.3 Å². The smallest absolute Gasteiger partial charge is 0.243 e. The standard InChI is InChI=1S/C29H33ClN2O2S/c1-3-18-31-29(34)27(20-23-9-5-4-6-10-23)32(21-24-11-7-8-12-26(24)30)28(33)17-19-35-25-15-13-22(2)14-16-25/h4-16,27H,3,17-21H2,1-2H3,(H,31,34)/t27-/m0/s1. The van der Waals surface area contributed by atoms with Crippen LogP contribution in [0.2, 0.25) is 5.02 Å². The number of rotatable bonds is 12. The number of hydrogen-bond acceptors (Lipinski definition) is 3. The molecule has 0 fully saturated rings. The first-order chi connectivity index (χ1) is 17.0. The van der Waals surface area contributed by atoms with Crippen LogP contribution in [0.4, 0.5) is 0 Å². The molecule has 3 aromatic rings. The third kappa shape index (κ3) is 8.44. The Morgan fingerprint density at radius 2 is 1.66 bits per heavy atom. The maximum absolute atomic E-state index is 13.6. The van der Waals surface area contributed by atoms with E-state index in [4.69, 9.17) is 11.6 Å². The van der Waals surface area contributed by atoms with Crippen LogP contribution in [0.5, 0.6) is 0 Å². The summed E-state index contributed by atoms with van der Waals surface area (Å²) in [6.45, 7) is 4.93. The summed E-state index contributed by atoms with van der Waals surface area (Å²) in [5.41, 5.74) is 3.04. The van der Waals surface area contributed by atoms with Gasteiger partial charge in [-0.25, -0.2) is 0 Å². The Morgan fingerprint density at radius 3 is 2.34 bits per heavy atom. The van der Waals surface area contributed by atoms with Crippen molar-refractivity contribution < 1.29 is 9.59 Å². The summed E-state index contributed by atoms with van der Waals surface area (Å²) in [6, 6.07) is 25.0. The van der Waals surface area contributed by atoms with Gasteiger partial charge in [0.05, 0.1) is 0 Å². The highest BCUT2D eigenvalue weighted by atomic mass is 35.5. The Labute approximate surface area is 218 Å². The van der Waals surface area contributed by atoms with E-state index in [1.54, 1.807) is 16.7 Å². The fourth-order valence-electron chi connectivity index (χ4n) is 3.76. The van der Waals surface area contributed by atoms with Crippen molar-refractivity contribution in [3.05, 3.63) is 101 Å². The highest BCUT2D eigenvalue weighted by Gasteiger charge is 2.30. The van der Waals surface area contributed by atoms with Gasteiger partial charge in [-0.2, -0.15) is 0 Å². The fraction of sp³-hybridized carbons (Fsp3) is 0.310. The molecular weight excluding hydrogens is 476 g/mol. The first-order valence-corrected chi connectivity index (χ1v) is 13.4. The number of nitrogens with zero attached hydrogens (tertiary/aromatic N) is 1. The fourth-order valence-corrected chi connectivity index (χ4v) is 4.80. The molecule has 184 valence electrons. The maximum atomic E-state index is 13.6. The van der Waals surface area contributed by atoms with Gasteiger partial charge in [0.25, 0.3) is 0 Å². The van der Waals surface area contributed by atoms with Crippen molar-refractivity contribution in [2.45, 2.75) is 50.6 Å². The van der Waals surface area contributed by atoms with Crippen LogP contribution in [0.1, 0.15) is 36.5 Å². The maximum Gasteiger partial charge on any atom is 0.243 e. The van der Waals surface area contributed by atoms with E-state index >= 15 is 0 Å². The number of hydrogen-bond donors (Lipinski definition) is 1. The van der Waals surface area contributed by atoms with E-state index in [0.717, 1.165) is 22.4 Å². The van der Waals surface area contributed by atoms with Crippen molar-refractivity contribution in [2.24, 2.45) is 0 Å². The van der Waals surface area contributed by atoms with Crippen molar-refractivity contribution in [3.63, 3.8) is 0 Å². The highest BCUT2D eigenvalue weighted by molar-refractivity contribution is 7.99. The molecule has 2 amide bonds. The van der Waals surface area contributed by atoms with Crippen LogP contribution in [0.15, 0.2) is 83.8 Å². The Balaban J connectivity index is 1.83. The number of carbonyl (C=O) groups is 2. The molecule has 35 heavy (non-hydrogen) atoms. The lowest BCUT2D eigenvalue weighted by Crippen LogP contribution is -2.50. The molecule has 0 spiro atoms. The molecule has 0 unspecified atom stereocenters. The zero-order valence-electron chi connectivity index (χ0n) is 20.4. The molecule has 0 aliphatic carbocycles. The zero-order valence-corrected chi connectivity index (χ0v) is 21.9. The molecule has 4 nitrogen and oxygen atoms in total. The molecule has 0 saturated heterocycles. The Hall–Kier alpha value is -2.76. The van der Waals surface area contributed by atoms with E-state index < -0.39 is 6.04 Å². The summed E-state index contributed by atoms with van der Waals surface area (Å²) in [7, 11) is 0. The minimum absolute atomic E-state index is 0.0582. The van der Waals surface area contributed by atoms with Crippen LogP contribution >= 0.6 is 23.4 Å². The molecule has 3 rings (SSSR count). The molecule has 1 N–H and O–H groups in total. The van der Waals surface area contributed by atoms with E-state index in [9.17, 15) is 9.59 Å². The average molecular weight is 509 g/mol. The van der Waals surface area contributed by atoms with Crippen LogP contribution in [-0.4, -0.2) is 35.1 Å². The molecular formula is C29H33ClN2O2S. The Kier molecular flexibility index (Phi) is 10.7. The van der Waals surface area contributed by atoms with E-state index in [1.807, 2.05) is 61.5 Å². The minimum Gasteiger partial charge on any atom is -0.354 e. The van der Waals surface area contributed by atoms with Crippen LogP contribution in [0, 0.1) is 6.92 Å². The van der Waals surface area contributed by atoms with Gasteiger partial charge < -0.3 is 10.2 Å². The van der Waals surface area contributed by atoms with Gasteiger partial charge in [0.2, 0.25) is 11.8 Å².